The fourth-order valence-electron chi connectivity index (χ4n) is 3.93. The quantitative estimate of drug-likeness (QED) is 0.334. The summed E-state index contributed by atoms with van der Waals surface area (Å²) in [6, 6.07) is 17.7. The number of hydrogen-bond donors (Lipinski definition) is 6. The van der Waals surface area contributed by atoms with Gasteiger partial charge in [-0.1, -0.05) is 42.5 Å². The van der Waals surface area contributed by atoms with E-state index in [0.29, 0.717) is 0 Å². The molecule has 2 aromatic carbocycles. The number of aromatic hydroxyl groups is 1. The Kier molecular flexibility index (Phi) is 10.5. The second kappa shape index (κ2) is 13.0. The maximum atomic E-state index is 10.6. The molecule has 1 aliphatic heterocycles. The van der Waals surface area contributed by atoms with Crippen LogP contribution in [0.3, 0.4) is 0 Å². The fourth-order valence-corrected chi connectivity index (χ4v) is 3.93. The van der Waals surface area contributed by atoms with E-state index in [9.17, 15) is 19.8 Å². The van der Waals surface area contributed by atoms with Gasteiger partial charge in [0.25, 0.3) is 0 Å². The van der Waals surface area contributed by atoms with Crippen LogP contribution in [0.4, 0.5) is 0 Å². The molecule has 0 aliphatic carbocycles. The molecule has 3 rings (SSSR count). The third kappa shape index (κ3) is 8.11. The van der Waals surface area contributed by atoms with E-state index in [0.717, 1.165) is 31.0 Å². The minimum Gasteiger partial charge on any atom is -0.508 e. The molecule has 1 aliphatic rings. The number of carboxylic acids is 2. The molecule has 2 aromatic rings. The van der Waals surface area contributed by atoms with E-state index in [1.807, 2.05) is 0 Å². The molecule has 6 N–H and O–H groups in total. The van der Waals surface area contributed by atoms with Crippen molar-refractivity contribution in [3.8, 4) is 5.75 Å². The number of piperidine rings is 1. The van der Waals surface area contributed by atoms with Crippen LogP contribution < -0.4 is 0 Å². The summed E-state index contributed by atoms with van der Waals surface area (Å²) in [5, 5.41) is 52.5. The zero-order chi connectivity index (χ0) is 25.3. The third-order valence-corrected chi connectivity index (χ3v) is 6.09. The number of carboxylic acid groups (broad SMARTS) is 2. The normalized spacial score (nSPS) is 18.1. The van der Waals surface area contributed by atoms with Gasteiger partial charge in [0.1, 0.15) is 5.75 Å². The van der Waals surface area contributed by atoms with Gasteiger partial charge in [0, 0.05) is 6.04 Å². The number of nitrogens with zero attached hydrogens (tertiary/aromatic N) is 1. The number of phenols is 1. The first-order valence-corrected chi connectivity index (χ1v) is 11.2. The van der Waals surface area contributed by atoms with Crippen LogP contribution >= 0.6 is 0 Å². The van der Waals surface area contributed by atoms with Gasteiger partial charge in [-0.25, -0.2) is 9.59 Å². The SMILES string of the molecule is C[C@@H]([C@H](O)c1ccc(O)cc1)N1CCC(Cc2ccccc2)CC1.O=C(O)[C@H](O)[C@@H](O)C(=O)O. The number of aliphatic carboxylic acids is 2. The summed E-state index contributed by atoms with van der Waals surface area (Å²) in [6.07, 6.45) is -1.53. The van der Waals surface area contributed by atoms with Crippen LogP contribution in [-0.2, 0) is 16.0 Å². The average Bonchev–Trinajstić information content (AvgIpc) is 2.84. The van der Waals surface area contributed by atoms with Gasteiger partial charge in [-0.05, 0) is 68.5 Å². The van der Waals surface area contributed by atoms with Crippen LogP contribution in [0.5, 0.6) is 5.75 Å². The highest BCUT2D eigenvalue weighted by Crippen LogP contribution is 2.28. The lowest BCUT2D eigenvalue weighted by Gasteiger charge is -2.38. The maximum absolute atomic E-state index is 10.6. The summed E-state index contributed by atoms with van der Waals surface area (Å²) < 4.78 is 0. The molecule has 1 heterocycles. The minimum atomic E-state index is -2.27. The van der Waals surface area contributed by atoms with Crippen molar-refractivity contribution in [2.45, 2.75) is 50.5 Å². The summed E-state index contributed by atoms with van der Waals surface area (Å²) in [7, 11) is 0. The van der Waals surface area contributed by atoms with Crippen molar-refractivity contribution < 1.29 is 40.2 Å². The molecule has 1 saturated heterocycles. The number of carbonyl (C=O) groups is 2. The number of aliphatic hydroxyl groups excluding tert-OH is 3. The summed E-state index contributed by atoms with van der Waals surface area (Å²) in [5.74, 6) is -2.56. The summed E-state index contributed by atoms with van der Waals surface area (Å²) in [5.41, 5.74) is 2.29. The van der Waals surface area contributed by atoms with Gasteiger partial charge in [-0.3, -0.25) is 4.90 Å². The average molecular weight is 476 g/mol. The van der Waals surface area contributed by atoms with Gasteiger partial charge in [-0.15, -0.1) is 0 Å². The van der Waals surface area contributed by atoms with Crippen molar-refractivity contribution in [1.29, 1.82) is 0 Å². The lowest BCUT2D eigenvalue weighted by atomic mass is 9.89. The van der Waals surface area contributed by atoms with E-state index in [1.54, 1.807) is 24.3 Å². The Labute approximate surface area is 198 Å². The zero-order valence-corrected chi connectivity index (χ0v) is 19.1. The molecule has 9 heteroatoms. The standard InChI is InChI=1S/C21H27NO2.C4H6O6/c1-16(21(24)19-7-9-20(23)10-8-19)22-13-11-18(12-14-22)15-17-5-3-2-4-6-17;5-1(3(7)8)2(6)4(9)10/h2-10,16,18,21,23-24H,11-15H2,1H3;1-2,5-6H,(H,7,8)(H,9,10)/t16-,21-;1-,2-/m01/s1. The molecule has 0 aromatic heterocycles. The van der Waals surface area contributed by atoms with Crippen molar-refractivity contribution in [3.63, 3.8) is 0 Å². The summed E-state index contributed by atoms with van der Waals surface area (Å²) in [4.78, 5) is 21.9. The molecule has 0 bridgehead atoms. The molecule has 1 fully saturated rings. The number of hydrogen-bond acceptors (Lipinski definition) is 7. The number of benzene rings is 2. The van der Waals surface area contributed by atoms with Gasteiger partial charge < -0.3 is 30.6 Å². The number of aliphatic hydroxyl groups is 3. The minimum absolute atomic E-state index is 0.0900. The second-order valence-corrected chi connectivity index (χ2v) is 8.51. The molecule has 0 radical (unpaired) electrons. The highest BCUT2D eigenvalue weighted by atomic mass is 16.4. The Hall–Kier alpha value is -2.98. The molecule has 34 heavy (non-hydrogen) atoms. The molecule has 0 saturated carbocycles. The van der Waals surface area contributed by atoms with Gasteiger partial charge in [0.2, 0.25) is 0 Å². The monoisotopic (exact) mass is 475 g/mol. The predicted octanol–water partition coefficient (Wildman–Crippen LogP) is 1.65. The van der Waals surface area contributed by atoms with Crippen molar-refractivity contribution in [2.75, 3.05) is 13.1 Å². The highest BCUT2D eigenvalue weighted by Gasteiger charge is 2.29. The van der Waals surface area contributed by atoms with Crippen LogP contribution in [0.2, 0.25) is 0 Å². The topological polar surface area (TPSA) is 159 Å². The van der Waals surface area contributed by atoms with Crippen LogP contribution in [0.25, 0.3) is 0 Å². The van der Waals surface area contributed by atoms with Crippen molar-refractivity contribution in [1.82, 2.24) is 4.90 Å². The van der Waals surface area contributed by atoms with E-state index in [2.05, 4.69) is 42.2 Å². The lowest BCUT2D eigenvalue weighted by Crippen LogP contribution is -2.43. The Balaban J connectivity index is 0.000000347. The Morgan fingerprint density at radius 3 is 1.85 bits per heavy atom. The molecule has 186 valence electrons. The molecular formula is C25H33NO8. The number of rotatable bonds is 8. The van der Waals surface area contributed by atoms with Crippen LogP contribution in [0, 0.1) is 5.92 Å². The Bertz CT molecular complexity index is 879. The van der Waals surface area contributed by atoms with E-state index in [1.165, 1.54) is 18.4 Å². The smallest absolute Gasteiger partial charge is 0.335 e. The first-order chi connectivity index (χ1) is 16.1. The fraction of sp³-hybridized carbons (Fsp3) is 0.440. The van der Waals surface area contributed by atoms with Crippen LogP contribution in [-0.4, -0.2) is 78.8 Å². The second-order valence-electron chi connectivity index (χ2n) is 8.51. The van der Waals surface area contributed by atoms with Crippen molar-refractivity contribution in [2.24, 2.45) is 5.92 Å². The summed E-state index contributed by atoms with van der Waals surface area (Å²) in [6.45, 7) is 4.16. The van der Waals surface area contributed by atoms with Gasteiger partial charge in [0.15, 0.2) is 12.2 Å². The van der Waals surface area contributed by atoms with Gasteiger partial charge in [-0.2, -0.15) is 0 Å². The Morgan fingerprint density at radius 1 is 0.882 bits per heavy atom. The molecule has 0 spiro atoms. The van der Waals surface area contributed by atoms with Crippen molar-refractivity contribution in [3.05, 3.63) is 65.7 Å². The number of likely N-dealkylation sites (tertiary alicyclic amines) is 1. The number of phenolic OH excluding ortho intramolecular Hbond substituents is 1. The van der Waals surface area contributed by atoms with Gasteiger partial charge >= 0.3 is 11.9 Å². The third-order valence-electron chi connectivity index (χ3n) is 6.09. The largest absolute Gasteiger partial charge is 0.508 e. The maximum Gasteiger partial charge on any atom is 0.335 e. The predicted molar refractivity (Wildman–Crippen MR) is 124 cm³/mol. The zero-order valence-electron chi connectivity index (χ0n) is 19.1. The molecule has 4 atom stereocenters. The molecule has 0 unspecified atom stereocenters. The van der Waals surface area contributed by atoms with Crippen LogP contribution in [0.1, 0.15) is 37.0 Å². The Morgan fingerprint density at radius 2 is 1.38 bits per heavy atom. The van der Waals surface area contributed by atoms with E-state index >= 15 is 0 Å². The van der Waals surface area contributed by atoms with E-state index in [-0.39, 0.29) is 11.8 Å². The first kappa shape index (κ1) is 27.3. The molecule has 9 nitrogen and oxygen atoms in total. The van der Waals surface area contributed by atoms with Gasteiger partial charge in [0.05, 0.1) is 6.10 Å². The van der Waals surface area contributed by atoms with E-state index in [4.69, 9.17) is 20.4 Å². The lowest BCUT2D eigenvalue weighted by molar-refractivity contribution is -0.165. The van der Waals surface area contributed by atoms with E-state index < -0.39 is 30.3 Å². The summed E-state index contributed by atoms with van der Waals surface area (Å²) >= 11 is 0. The first-order valence-electron chi connectivity index (χ1n) is 11.2. The highest BCUT2D eigenvalue weighted by molar-refractivity contribution is 5.83. The van der Waals surface area contributed by atoms with Crippen LogP contribution in [0.15, 0.2) is 54.6 Å². The molecular weight excluding hydrogens is 442 g/mol. The van der Waals surface area contributed by atoms with Crippen molar-refractivity contribution >= 4 is 11.9 Å². The molecule has 0 amide bonds.